The number of carboxylic acid groups (broad SMARTS) is 1. The van der Waals surface area contributed by atoms with Crippen LogP contribution < -0.4 is 0 Å². The first-order valence-corrected chi connectivity index (χ1v) is 8.51. The van der Waals surface area contributed by atoms with E-state index in [1.54, 1.807) is 0 Å². The lowest BCUT2D eigenvalue weighted by Crippen LogP contribution is -2.37. The Morgan fingerprint density at radius 3 is 3.00 bits per heavy atom. The van der Waals surface area contributed by atoms with E-state index >= 15 is 0 Å². The number of carboxylic acids is 1. The third-order valence-corrected chi connectivity index (χ3v) is 5.23. The van der Waals surface area contributed by atoms with Crippen LogP contribution >= 0.6 is 27.5 Å². The second-order valence-electron chi connectivity index (χ2n) is 5.95. The third-order valence-electron chi connectivity index (χ3n) is 4.25. The minimum absolute atomic E-state index is 0.235. The van der Waals surface area contributed by atoms with E-state index in [-0.39, 0.29) is 12.3 Å². The monoisotopic (exact) mass is 373 g/mol. The van der Waals surface area contributed by atoms with Gasteiger partial charge < -0.3 is 5.11 Å². The number of likely N-dealkylation sites (tertiary alicyclic amines) is 1. The van der Waals surface area contributed by atoms with Crippen molar-refractivity contribution < 1.29 is 9.90 Å². The predicted octanol–water partition coefficient (Wildman–Crippen LogP) is 4.43. The van der Waals surface area contributed by atoms with Crippen LogP contribution in [0.5, 0.6) is 0 Å². The molecule has 0 aromatic heterocycles. The lowest BCUT2D eigenvalue weighted by Gasteiger charge is -2.35. The van der Waals surface area contributed by atoms with Gasteiger partial charge in [-0.3, -0.25) is 9.69 Å². The third kappa shape index (κ3) is 4.97. The number of hydrogen-bond donors (Lipinski definition) is 1. The average Bonchev–Trinajstić information content (AvgIpc) is 2.41. The van der Waals surface area contributed by atoms with Crippen LogP contribution in [0.3, 0.4) is 0 Å². The van der Waals surface area contributed by atoms with Crippen LogP contribution in [0.1, 0.15) is 31.7 Å². The van der Waals surface area contributed by atoms with Gasteiger partial charge in [-0.15, -0.1) is 0 Å². The summed E-state index contributed by atoms with van der Waals surface area (Å²) in [6, 6.07) is 5.89. The van der Waals surface area contributed by atoms with Crippen molar-refractivity contribution in [1.29, 1.82) is 0 Å². The van der Waals surface area contributed by atoms with Gasteiger partial charge >= 0.3 is 5.97 Å². The molecule has 3 nitrogen and oxygen atoms in total. The van der Waals surface area contributed by atoms with Gasteiger partial charge in [-0.2, -0.15) is 0 Å². The standard InChI is InChI=1S/C16H21BrClNO2/c1-11(7-16(20)21)12-3-2-6-19(9-12)10-13-4-5-14(18)8-15(13)17/h4-5,8,11-12H,2-3,6-7,9-10H2,1H3,(H,20,21). The van der Waals surface area contributed by atoms with Crippen molar-refractivity contribution >= 4 is 33.5 Å². The zero-order valence-electron chi connectivity index (χ0n) is 12.2. The lowest BCUT2D eigenvalue weighted by molar-refractivity contribution is -0.138. The van der Waals surface area contributed by atoms with Gasteiger partial charge in [0, 0.05) is 29.0 Å². The van der Waals surface area contributed by atoms with Gasteiger partial charge in [-0.1, -0.05) is 40.5 Å². The van der Waals surface area contributed by atoms with Gasteiger partial charge in [0.1, 0.15) is 0 Å². The van der Waals surface area contributed by atoms with Crippen LogP contribution in [0.25, 0.3) is 0 Å². The number of aliphatic carboxylic acids is 1. The Bertz CT molecular complexity index is 509. The molecule has 0 amide bonds. The molecule has 2 unspecified atom stereocenters. The Balaban J connectivity index is 1.96. The zero-order chi connectivity index (χ0) is 15.4. The highest BCUT2D eigenvalue weighted by Gasteiger charge is 2.26. The first kappa shape index (κ1) is 16.8. The maximum absolute atomic E-state index is 10.9. The topological polar surface area (TPSA) is 40.5 Å². The fraction of sp³-hybridized carbons (Fsp3) is 0.562. The van der Waals surface area contributed by atoms with E-state index < -0.39 is 5.97 Å². The van der Waals surface area contributed by atoms with E-state index in [2.05, 4.69) is 33.8 Å². The number of carbonyl (C=O) groups is 1. The number of halogens is 2. The van der Waals surface area contributed by atoms with E-state index in [0.717, 1.165) is 42.0 Å². The number of benzene rings is 1. The Morgan fingerprint density at radius 2 is 2.33 bits per heavy atom. The number of rotatable bonds is 5. The molecule has 5 heteroatoms. The molecule has 1 saturated heterocycles. The molecule has 0 bridgehead atoms. The molecule has 0 spiro atoms. The SMILES string of the molecule is CC(CC(=O)O)C1CCCN(Cc2ccc(Cl)cc2Br)C1. The molecule has 1 fully saturated rings. The predicted molar refractivity (Wildman–Crippen MR) is 88.6 cm³/mol. The minimum Gasteiger partial charge on any atom is -0.481 e. The van der Waals surface area contributed by atoms with Crippen molar-refractivity contribution in [1.82, 2.24) is 4.90 Å². The molecule has 0 aliphatic carbocycles. The summed E-state index contributed by atoms with van der Waals surface area (Å²) < 4.78 is 1.04. The Labute approximate surface area is 139 Å². The molecule has 1 aliphatic rings. The van der Waals surface area contributed by atoms with Gasteiger partial charge in [0.25, 0.3) is 0 Å². The second-order valence-corrected chi connectivity index (χ2v) is 7.24. The summed E-state index contributed by atoms with van der Waals surface area (Å²) in [6.45, 7) is 4.99. The van der Waals surface area contributed by atoms with Crippen molar-refractivity contribution in [3.63, 3.8) is 0 Å². The number of piperidine rings is 1. The summed E-state index contributed by atoms with van der Waals surface area (Å²) in [4.78, 5) is 13.3. The largest absolute Gasteiger partial charge is 0.481 e. The highest BCUT2D eigenvalue weighted by molar-refractivity contribution is 9.10. The van der Waals surface area contributed by atoms with Gasteiger partial charge in [0.15, 0.2) is 0 Å². The van der Waals surface area contributed by atoms with Gasteiger partial charge in [0.05, 0.1) is 0 Å². The molecular formula is C16H21BrClNO2. The molecule has 1 heterocycles. The van der Waals surface area contributed by atoms with Crippen LogP contribution in [0, 0.1) is 11.8 Å². The molecule has 0 radical (unpaired) electrons. The molecule has 1 aromatic carbocycles. The molecule has 2 atom stereocenters. The molecule has 1 N–H and O–H groups in total. The molecule has 1 aromatic rings. The van der Waals surface area contributed by atoms with Crippen LogP contribution in [0.2, 0.25) is 5.02 Å². The Morgan fingerprint density at radius 1 is 1.57 bits per heavy atom. The zero-order valence-corrected chi connectivity index (χ0v) is 14.5. The first-order valence-electron chi connectivity index (χ1n) is 7.33. The van der Waals surface area contributed by atoms with E-state index in [1.807, 2.05) is 12.1 Å². The minimum atomic E-state index is -0.694. The summed E-state index contributed by atoms with van der Waals surface area (Å²) in [5, 5.41) is 9.68. The lowest BCUT2D eigenvalue weighted by atomic mass is 9.84. The van der Waals surface area contributed by atoms with Crippen molar-refractivity contribution in [3.8, 4) is 0 Å². The van der Waals surface area contributed by atoms with Crippen LogP contribution in [-0.4, -0.2) is 29.1 Å². The van der Waals surface area contributed by atoms with Crippen molar-refractivity contribution in [2.45, 2.75) is 32.7 Å². The van der Waals surface area contributed by atoms with E-state index in [0.29, 0.717) is 5.92 Å². The highest BCUT2D eigenvalue weighted by atomic mass is 79.9. The summed E-state index contributed by atoms with van der Waals surface area (Å²) >= 11 is 9.54. The van der Waals surface area contributed by atoms with Crippen LogP contribution in [0.15, 0.2) is 22.7 Å². The fourth-order valence-electron chi connectivity index (χ4n) is 3.03. The van der Waals surface area contributed by atoms with Crippen molar-refractivity contribution in [3.05, 3.63) is 33.3 Å². The Kier molecular flexibility index (Phi) is 6.08. The van der Waals surface area contributed by atoms with E-state index in [9.17, 15) is 4.79 Å². The maximum atomic E-state index is 10.9. The molecule has 2 rings (SSSR count). The smallest absolute Gasteiger partial charge is 0.303 e. The number of nitrogens with zero attached hydrogens (tertiary/aromatic N) is 1. The quantitative estimate of drug-likeness (QED) is 0.829. The average molecular weight is 375 g/mol. The van der Waals surface area contributed by atoms with Gasteiger partial charge in [-0.05, 0) is 48.9 Å². The fourth-order valence-corrected chi connectivity index (χ4v) is 3.84. The van der Waals surface area contributed by atoms with Crippen LogP contribution in [-0.2, 0) is 11.3 Å². The summed E-state index contributed by atoms with van der Waals surface area (Å²) in [5.41, 5.74) is 1.23. The number of hydrogen-bond acceptors (Lipinski definition) is 2. The van der Waals surface area contributed by atoms with E-state index in [4.69, 9.17) is 16.7 Å². The van der Waals surface area contributed by atoms with Gasteiger partial charge in [-0.25, -0.2) is 0 Å². The van der Waals surface area contributed by atoms with E-state index in [1.165, 1.54) is 5.56 Å². The normalized spacial score (nSPS) is 21.2. The van der Waals surface area contributed by atoms with Crippen LogP contribution in [0.4, 0.5) is 0 Å². The molecule has 21 heavy (non-hydrogen) atoms. The maximum Gasteiger partial charge on any atom is 0.303 e. The Hall–Kier alpha value is -0.580. The molecular weight excluding hydrogens is 354 g/mol. The summed E-state index contributed by atoms with van der Waals surface area (Å²) in [6.07, 6.45) is 2.54. The highest BCUT2D eigenvalue weighted by Crippen LogP contribution is 2.29. The first-order chi connectivity index (χ1) is 9.95. The molecule has 1 aliphatic heterocycles. The summed E-state index contributed by atoms with van der Waals surface area (Å²) in [5.74, 6) is 0.0138. The summed E-state index contributed by atoms with van der Waals surface area (Å²) in [7, 11) is 0. The molecule has 0 saturated carbocycles. The molecule has 116 valence electrons. The second kappa shape index (κ2) is 7.61. The van der Waals surface area contributed by atoms with Gasteiger partial charge in [0.2, 0.25) is 0 Å². The van der Waals surface area contributed by atoms with Crippen molar-refractivity contribution in [2.75, 3.05) is 13.1 Å². The van der Waals surface area contributed by atoms with Crippen molar-refractivity contribution in [2.24, 2.45) is 11.8 Å².